The number of benzene rings is 3. The molecule has 0 aliphatic carbocycles. The first-order chi connectivity index (χ1) is 25.6. The molecule has 2 atom stereocenters. The maximum absolute atomic E-state index is 15.7. The van der Waals surface area contributed by atoms with Gasteiger partial charge in [0.2, 0.25) is 0 Å². The molecule has 3 heterocycles. The van der Waals surface area contributed by atoms with Crippen LogP contribution in [0.2, 0.25) is 0 Å². The summed E-state index contributed by atoms with van der Waals surface area (Å²) in [5.74, 6) is -4.23. The summed E-state index contributed by atoms with van der Waals surface area (Å²) in [6, 6.07) is 15.4. The second kappa shape index (κ2) is 16.4. The van der Waals surface area contributed by atoms with Crippen molar-refractivity contribution in [2.45, 2.75) is 42.3 Å². The molecular formula is C38H32F3N5O6S. The lowest BCUT2D eigenvalue weighted by atomic mass is 9.89. The van der Waals surface area contributed by atoms with Gasteiger partial charge in [-0.15, -0.1) is 11.8 Å². The van der Waals surface area contributed by atoms with Crippen molar-refractivity contribution < 1.29 is 41.8 Å². The minimum atomic E-state index is -1.79. The topological polar surface area (TPSA) is 137 Å². The molecule has 1 aromatic heterocycles. The van der Waals surface area contributed by atoms with Crippen LogP contribution in [0.25, 0.3) is 6.08 Å². The molecule has 0 saturated carbocycles. The van der Waals surface area contributed by atoms with Crippen molar-refractivity contribution in [2.24, 2.45) is 0 Å². The third-order valence-corrected chi connectivity index (χ3v) is 10.1. The summed E-state index contributed by atoms with van der Waals surface area (Å²) in [7, 11) is 0. The highest BCUT2D eigenvalue weighted by atomic mass is 32.2. The lowest BCUT2D eigenvalue weighted by molar-refractivity contribution is -0.163. The zero-order valence-electron chi connectivity index (χ0n) is 28.2. The average molecular weight is 744 g/mol. The number of hydrogen-bond acceptors (Lipinski definition) is 10. The quantitative estimate of drug-likeness (QED) is 0.0936. The largest absolute Gasteiger partial charge is 0.451 e. The summed E-state index contributed by atoms with van der Waals surface area (Å²) < 4.78 is 63.4. The van der Waals surface area contributed by atoms with Gasteiger partial charge in [-0.1, -0.05) is 36.4 Å². The van der Waals surface area contributed by atoms with E-state index in [0.29, 0.717) is 11.6 Å². The third-order valence-electron chi connectivity index (χ3n) is 8.69. The lowest BCUT2D eigenvalue weighted by Gasteiger charge is -2.40. The van der Waals surface area contributed by atoms with Crippen LogP contribution in [0.1, 0.15) is 50.8 Å². The number of allylic oxidation sites excluding steroid dienone is 2. The molecule has 0 unspecified atom stereocenters. The van der Waals surface area contributed by atoms with Gasteiger partial charge in [0.15, 0.2) is 11.9 Å². The fourth-order valence-corrected chi connectivity index (χ4v) is 7.39. The molecule has 15 heteroatoms. The van der Waals surface area contributed by atoms with Crippen molar-refractivity contribution in [3.8, 4) is 6.07 Å². The van der Waals surface area contributed by atoms with Crippen molar-refractivity contribution in [1.82, 2.24) is 19.7 Å². The summed E-state index contributed by atoms with van der Waals surface area (Å²) in [6.07, 6.45) is 7.95. The number of halogens is 3. The van der Waals surface area contributed by atoms with E-state index in [1.165, 1.54) is 59.4 Å². The lowest BCUT2D eigenvalue weighted by Crippen LogP contribution is -2.47. The monoisotopic (exact) mass is 743 g/mol. The number of hydrogen-bond donors (Lipinski definition) is 0. The maximum Gasteiger partial charge on any atom is 0.308 e. The second-order valence-corrected chi connectivity index (χ2v) is 13.8. The van der Waals surface area contributed by atoms with E-state index in [1.807, 2.05) is 6.07 Å². The van der Waals surface area contributed by atoms with Gasteiger partial charge in [0.05, 0.1) is 54.2 Å². The molecule has 3 aromatic carbocycles. The summed E-state index contributed by atoms with van der Waals surface area (Å²) >= 11 is 1.30. The van der Waals surface area contributed by atoms with Gasteiger partial charge in [0, 0.05) is 29.0 Å². The molecule has 0 bridgehead atoms. The van der Waals surface area contributed by atoms with Crippen LogP contribution >= 0.6 is 11.8 Å². The number of carbonyl (C=O) groups is 3. The van der Waals surface area contributed by atoms with E-state index >= 15 is 4.39 Å². The number of rotatable bonds is 13. The van der Waals surface area contributed by atoms with Crippen LogP contribution in [-0.2, 0) is 31.2 Å². The Hall–Kier alpha value is -5.56. The molecule has 1 saturated heterocycles. The number of esters is 1. The zero-order valence-corrected chi connectivity index (χ0v) is 29.0. The molecular weight excluding hydrogens is 712 g/mol. The van der Waals surface area contributed by atoms with E-state index in [2.05, 4.69) is 10.1 Å². The number of carbonyl (C=O) groups excluding carboxylic acids is 3. The SMILES string of the molecule is C[C@@H](SC1COC(/C=C/C=C/c2ccc(C#N)cc2F)OC1)[C@@](Cn1cncn1)(OC(=O)CCN1C(=O)c2ccccc2C1=O)c1ccc(F)cc1F. The van der Waals surface area contributed by atoms with E-state index in [-0.39, 0.29) is 53.8 Å². The highest BCUT2D eigenvalue weighted by molar-refractivity contribution is 8.00. The Morgan fingerprint density at radius 1 is 1.06 bits per heavy atom. The van der Waals surface area contributed by atoms with Gasteiger partial charge < -0.3 is 14.2 Å². The van der Waals surface area contributed by atoms with Crippen LogP contribution in [-0.4, -0.2) is 74.0 Å². The van der Waals surface area contributed by atoms with Crippen LogP contribution in [0, 0.1) is 28.8 Å². The van der Waals surface area contributed by atoms with Crippen LogP contribution in [0.4, 0.5) is 13.2 Å². The van der Waals surface area contributed by atoms with E-state index < -0.39 is 58.8 Å². The molecule has 1 fully saturated rings. The van der Waals surface area contributed by atoms with E-state index in [1.54, 1.807) is 43.4 Å². The van der Waals surface area contributed by atoms with Gasteiger partial charge in [0.1, 0.15) is 30.1 Å². The number of aromatic nitrogens is 3. The van der Waals surface area contributed by atoms with Gasteiger partial charge in [-0.3, -0.25) is 19.3 Å². The van der Waals surface area contributed by atoms with E-state index in [4.69, 9.17) is 19.5 Å². The molecule has 6 rings (SSSR count). The number of imide groups is 1. The fraction of sp³-hybridized carbons (Fsp3) is 0.263. The Kier molecular flexibility index (Phi) is 11.5. The molecule has 0 N–H and O–H groups in total. The van der Waals surface area contributed by atoms with Crippen molar-refractivity contribution in [3.63, 3.8) is 0 Å². The molecule has 11 nitrogen and oxygen atoms in total. The fourth-order valence-electron chi connectivity index (χ4n) is 6.02. The number of fused-ring (bicyclic) bond motifs is 1. The van der Waals surface area contributed by atoms with Gasteiger partial charge in [-0.25, -0.2) is 22.8 Å². The molecule has 0 radical (unpaired) electrons. The van der Waals surface area contributed by atoms with Crippen molar-refractivity contribution in [1.29, 1.82) is 5.26 Å². The van der Waals surface area contributed by atoms with E-state index in [0.717, 1.165) is 17.0 Å². The predicted molar refractivity (Wildman–Crippen MR) is 186 cm³/mol. The highest BCUT2D eigenvalue weighted by Gasteiger charge is 2.47. The van der Waals surface area contributed by atoms with Crippen LogP contribution in [0.15, 0.2) is 91.5 Å². The number of amides is 2. The first-order valence-electron chi connectivity index (χ1n) is 16.5. The second-order valence-electron chi connectivity index (χ2n) is 12.2. The Morgan fingerprint density at radius 3 is 2.43 bits per heavy atom. The first-order valence-corrected chi connectivity index (χ1v) is 17.4. The summed E-state index contributed by atoms with van der Waals surface area (Å²) in [5, 5.41) is 12.0. The Morgan fingerprint density at radius 2 is 1.79 bits per heavy atom. The van der Waals surface area contributed by atoms with Crippen LogP contribution in [0.3, 0.4) is 0 Å². The van der Waals surface area contributed by atoms with Crippen molar-refractivity contribution in [3.05, 3.63) is 137 Å². The summed E-state index contributed by atoms with van der Waals surface area (Å²) in [5.41, 5.74) is -0.925. The minimum Gasteiger partial charge on any atom is -0.451 e. The molecule has 0 spiro atoms. The summed E-state index contributed by atoms with van der Waals surface area (Å²) in [6.45, 7) is 1.61. The Balaban J connectivity index is 1.17. The molecule has 4 aromatic rings. The normalized spacial score (nSPS) is 19.0. The van der Waals surface area contributed by atoms with Gasteiger partial charge in [-0.2, -0.15) is 10.4 Å². The Bertz CT molecular complexity index is 2060. The Labute approximate surface area is 306 Å². The minimum absolute atomic E-state index is 0.118. The van der Waals surface area contributed by atoms with Gasteiger partial charge in [-0.05, 0) is 49.4 Å². The number of thioether (sulfide) groups is 1. The average Bonchev–Trinajstić information content (AvgIpc) is 3.75. The van der Waals surface area contributed by atoms with Gasteiger partial charge >= 0.3 is 5.97 Å². The molecule has 2 amide bonds. The first kappa shape index (κ1) is 37.2. The number of nitriles is 1. The van der Waals surface area contributed by atoms with Crippen LogP contribution in [0.5, 0.6) is 0 Å². The number of nitrogens with zero attached hydrogens (tertiary/aromatic N) is 5. The van der Waals surface area contributed by atoms with Crippen LogP contribution < -0.4 is 0 Å². The van der Waals surface area contributed by atoms with Gasteiger partial charge in [0.25, 0.3) is 11.8 Å². The third kappa shape index (κ3) is 8.41. The standard InChI is InChI=1S/C38H32F3N5O6S/c1-24(53-28-19-50-35(51-20-28)9-5-2-6-26-11-10-25(18-42)16-32(26)40)38(21-45-23-43-22-44-45,31-13-12-27(39)17-33(31)41)52-34(47)14-15-46-36(48)29-7-3-4-8-30(29)37(46)49/h2-13,16-17,22-24,28,35H,14-15,19-21H2,1H3/b6-2+,9-5+/t24-,28?,35?,38-/m1/s1. The molecule has 53 heavy (non-hydrogen) atoms. The zero-order chi connectivity index (χ0) is 37.5. The molecule has 2 aliphatic heterocycles. The van der Waals surface area contributed by atoms with E-state index in [9.17, 15) is 23.2 Å². The number of ether oxygens (including phenoxy) is 3. The highest BCUT2D eigenvalue weighted by Crippen LogP contribution is 2.42. The van der Waals surface area contributed by atoms with Crippen molar-refractivity contribution >= 4 is 35.6 Å². The summed E-state index contributed by atoms with van der Waals surface area (Å²) in [4.78, 5) is 44.4. The molecule has 272 valence electrons. The molecule has 2 aliphatic rings. The van der Waals surface area contributed by atoms with Crippen molar-refractivity contribution in [2.75, 3.05) is 19.8 Å². The maximum atomic E-state index is 15.7. The predicted octanol–water partition coefficient (Wildman–Crippen LogP) is 5.82. The smallest absolute Gasteiger partial charge is 0.308 e.